The van der Waals surface area contributed by atoms with Crippen molar-refractivity contribution in [2.75, 3.05) is 10.2 Å². The molecule has 0 radical (unpaired) electrons. The van der Waals surface area contributed by atoms with Gasteiger partial charge in [-0.15, -0.1) is 0 Å². The van der Waals surface area contributed by atoms with Gasteiger partial charge in [-0.25, -0.2) is 0 Å². The van der Waals surface area contributed by atoms with Crippen LogP contribution in [-0.4, -0.2) is 21.9 Å². The van der Waals surface area contributed by atoms with Gasteiger partial charge in [0.25, 0.3) is 5.91 Å². The van der Waals surface area contributed by atoms with Crippen molar-refractivity contribution in [2.45, 2.75) is 47.2 Å². The van der Waals surface area contributed by atoms with Crippen LogP contribution in [0.2, 0.25) is 5.02 Å². The zero-order chi connectivity index (χ0) is 25.9. The first-order chi connectivity index (χ1) is 17.0. The van der Waals surface area contributed by atoms with Gasteiger partial charge in [-0.1, -0.05) is 39.0 Å². The summed E-state index contributed by atoms with van der Waals surface area (Å²) in [4.78, 5) is 27.8. The third kappa shape index (κ3) is 3.91. The van der Waals surface area contributed by atoms with Gasteiger partial charge in [0.2, 0.25) is 5.78 Å². The number of carbonyl (C=O) groups excluding carboxylic acids is 2. The number of amides is 1. The van der Waals surface area contributed by atoms with Crippen LogP contribution < -0.4 is 15.5 Å². The first-order valence-electron chi connectivity index (χ1n) is 11.7. The number of nitrogens with zero attached hydrogens (tertiary/aromatic N) is 2. The highest BCUT2D eigenvalue weighted by molar-refractivity contribution is 6.33. The maximum Gasteiger partial charge on any atom is 0.262 e. The number of aryl methyl sites for hydroxylation is 2. The summed E-state index contributed by atoms with van der Waals surface area (Å²) in [5.41, 5.74) is 3.57. The van der Waals surface area contributed by atoms with Gasteiger partial charge in [0, 0.05) is 27.9 Å². The van der Waals surface area contributed by atoms with E-state index in [9.17, 15) is 9.59 Å². The number of hydrogen-bond acceptors (Lipinski definition) is 6. The first-order valence-corrected chi connectivity index (χ1v) is 12.1. The average molecular weight is 506 g/mol. The Balaban J connectivity index is 1.50. The summed E-state index contributed by atoms with van der Waals surface area (Å²) in [5, 5.41) is 14.2. The van der Waals surface area contributed by atoms with E-state index in [2.05, 4.69) is 48.2 Å². The van der Waals surface area contributed by atoms with E-state index in [-0.39, 0.29) is 23.1 Å². The van der Waals surface area contributed by atoms with Gasteiger partial charge in [-0.05, 0) is 43.5 Å². The number of H-pyrrole nitrogens is 1. The van der Waals surface area contributed by atoms with Crippen molar-refractivity contribution < 1.29 is 14.0 Å². The van der Waals surface area contributed by atoms with Crippen LogP contribution in [-0.2, 0) is 11.3 Å². The highest BCUT2D eigenvalue weighted by Gasteiger charge is 2.40. The Bertz CT molecular complexity index is 1460. The lowest BCUT2D eigenvalue weighted by Crippen LogP contribution is -2.40. The van der Waals surface area contributed by atoms with Crippen molar-refractivity contribution in [3.8, 4) is 0 Å². The molecule has 0 fully saturated rings. The molecular formula is C27H28ClN5O3. The molecule has 0 bridgehead atoms. The number of furan rings is 1. The zero-order valence-corrected chi connectivity index (χ0v) is 21.6. The number of Topliss-reactive ketones (excluding diaryl/α,β-unsaturated/α-hetero) is 1. The molecule has 1 aromatic carbocycles. The van der Waals surface area contributed by atoms with Crippen LogP contribution in [0.1, 0.15) is 59.9 Å². The van der Waals surface area contributed by atoms with Crippen molar-refractivity contribution in [2.24, 2.45) is 5.41 Å². The SMILES string of the molecule is C=C1C(=O)C(Nc2ccc(Cl)c3c2C(=O)N(c2cc(C)[nH]n2)C3)=C1N[C@@H](c1ccc(C)o1)C(C)(C)C. The number of halogens is 1. The van der Waals surface area contributed by atoms with Crippen LogP contribution in [0.25, 0.3) is 0 Å². The number of nitrogens with one attached hydrogen (secondary N) is 3. The van der Waals surface area contributed by atoms with E-state index in [4.69, 9.17) is 16.0 Å². The zero-order valence-electron chi connectivity index (χ0n) is 20.9. The van der Waals surface area contributed by atoms with Gasteiger partial charge in [0.15, 0.2) is 5.82 Å². The van der Waals surface area contributed by atoms with Gasteiger partial charge in [-0.2, -0.15) is 5.10 Å². The maximum absolute atomic E-state index is 13.4. The highest BCUT2D eigenvalue weighted by Crippen LogP contribution is 2.41. The number of carbonyl (C=O) groups is 2. The van der Waals surface area contributed by atoms with E-state index in [1.165, 1.54) is 0 Å². The van der Waals surface area contributed by atoms with E-state index in [1.54, 1.807) is 23.1 Å². The summed E-state index contributed by atoms with van der Waals surface area (Å²) in [7, 11) is 0. The Morgan fingerprint density at radius 3 is 2.53 bits per heavy atom. The van der Waals surface area contributed by atoms with Crippen LogP contribution in [0.4, 0.5) is 11.5 Å². The predicted molar refractivity (Wildman–Crippen MR) is 139 cm³/mol. The number of allylic oxidation sites excluding steroid dienone is 2. The molecule has 2 aromatic heterocycles. The number of aromatic nitrogens is 2. The van der Waals surface area contributed by atoms with E-state index >= 15 is 0 Å². The molecule has 3 aromatic rings. The van der Waals surface area contributed by atoms with Gasteiger partial charge in [0.1, 0.15) is 17.2 Å². The predicted octanol–water partition coefficient (Wildman–Crippen LogP) is 5.57. The Labute approximate surface area is 214 Å². The van der Waals surface area contributed by atoms with Crippen molar-refractivity contribution in [1.82, 2.24) is 15.5 Å². The molecule has 9 heteroatoms. The molecule has 0 saturated carbocycles. The molecule has 0 spiro atoms. The van der Waals surface area contributed by atoms with Crippen LogP contribution in [0.5, 0.6) is 0 Å². The van der Waals surface area contributed by atoms with Crippen LogP contribution in [0.3, 0.4) is 0 Å². The van der Waals surface area contributed by atoms with Crippen LogP contribution in [0.15, 0.2) is 58.3 Å². The molecule has 1 aliphatic carbocycles. The standard InChI is InChI=1S/C27H28ClN5O3/c1-13-11-20(32-31-13)33-12-16-17(28)8-9-18(21(16)26(33)35)29-23-22(15(3)24(23)34)30-25(27(4,5)6)19-10-7-14(2)36-19/h7-11,25,29-30H,3,12H2,1-2,4-6H3,(H,31,32)/t25-/m0/s1. The molecule has 0 unspecified atom stereocenters. The van der Waals surface area contributed by atoms with E-state index < -0.39 is 0 Å². The lowest BCUT2D eigenvalue weighted by molar-refractivity contribution is -0.113. The minimum Gasteiger partial charge on any atom is -0.464 e. The van der Waals surface area contributed by atoms with E-state index in [0.717, 1.165) is 17.2 Å². The van der Waals surface area contributed by atoms with Crippen molar-refractivity contribution >= 4 is 34.8 Å². The van der Waals surface area contributed by atoms with Gasteiger partial charge in [0.05, 0.1) is 29.5 Å². The summed E-state index contributed by atoms with van der Waals surface area (Å²) in [6.45, 7) is 14.3. The molecule has 1 aliphatic heterocycles. The molecular weight excluding hydrogens is 478 g/mol. The van der Waals surface area contributed by atoms with Crippen LogP contribution >= 0.6 is 11.6 Å². The smallest absolute Gasteiger partial charge is 0.262 e. The van der Waals surface area contributed by atoms with E-state index in [1.807, 2.05) is 26.0 Å². The molecule has 3 heterocycles. The molecule has 5 rings (SSSR count). The number of ketones is 1. The minimum atomic E-state index is -0.235. The third-order valence-corrected chi connectivity index (χ3v) is 6.87. The third-order valence-electron chi connectivity index (χ3n) is 6.51. The van der Waals surface area contributed by atoms with Crippen LogP contribution in [0, 0.1) is 19.3 Å². The Morgan fingerprint density at radius 2 is 1.92 bits per heavy atom. The molecule has 1 atom stereocenters. The lowest BCUT2D eigenvalue weighted by atomic mass is 9.83. The molecule has 2 aliphatic rings. The van der Waals surface area contributed by atoms with Crippen molar-refractivity contribution in [3.63, 3.8) is 0 Å². The van der Waals surface area contributed by atoms with Gasteiger partial charge in [-0.3, -0.25) is 19.6 Å². The molecule has 0 saturated heterocycles. The molecule has 36 heavy (non-hydrogen) atoms. The van der Waals surface area contributed by atoms with E-state index in [0.29, 0.717) is 51.2 Å². The monoisotopic (exact) mass is 505 g/mol. The summed E-state index contributed by atoms with van der Waals surface area (Å²) in [5.74, 6) is 1.65. The molecule has 8 nitrogen and oxygen atoms in total. The molecule has 1 amide bonds. The fraction of sp³-hybridized carbons (Fsp3) is 0.296. The summed E-state index contributed by atoms with van der Waals surface area (Å²) in [6, 6.07) is 8.89. The fourth-order valence-electron chi connectivity index (χ4n) is 4.56. The minimum absolute atomic E-state index is 0.209. The number of hydrogen-bond donors (Lipinski definition) is 3. The summed E-state index contributed by atoms with van der Waals surface area (Å²) >= 11 is 6.47. The number of aromatic amines is 1. The van der Waals surface area contributed by atoms with Gasteiger partial charge >= 0.3 is 0 Å². The second-order valence-electron chi connectivity index (χ2n) is 10.3. The Morgan fingerprint density at radius 1 is 1.17 bits per heavy atom. The second-order valence-corrected chi connectivity index (χ2v) is 10.7. The summed E-state index contributed by atoms with van der Waals surface area (Å²) in [6.07, 6.45) is 0. The first kappa shape index (κ1) is 23.9. The van der Waals surface area contributed by atoms with Crippen molar-refractivity contribution in [1.29, 1.82) is 0 Å². The molecule has 3 N–H and O–H groups in total. The lowest BCUT2D eigenvalue weighted by Gasteiger charge is -2.36. The fourth-order valence-corrected chi connectivity index (χ4v) is 4.78. The number of anilines is 2. The number of benzene rings is 1. The molecule has 186 valence electrons. The normalized spacial score (nSPS) is 16.4. The highest BCUT2D eigenvalue weighted by atomic mass is 35.5. The average Bonchev–Trinajstić information content (AvgIpc) is 3.52. The number of rotatable bonds is 6. The second kappa shape index (κ2) is 8.41. The van der Waals surface area contributed by atoms with Gasteiger partial charge < -0.3 is 15.1 Å². The quantitative estimate of drug-likeness (QED) is 0.378. The summed E-state index contributed by atoms with van der Waals surface area (Å²) < 4.78 is 5.91. The Kier molecular flexibility index (Phi) is 5.59. The van der Waals surface area contributed by atoms with Crippen molar-refractivity contribution in [3.05, 3.63) is 87.2 Å². The maximum atomic E-state index is 13.4. The topological polar surface area (TPSA) is 103 Å². The number of fused-ring (bicyclic) bond motifs is 1. The Hall–Kier alpha value is -3.78. The largest absolute Gasteiger partial charge is 0.464 e.